The van der Waals surface area contributed by atoms with E-state index >= 15 is 0 Å². The minimum absolute atomic E-state index is 0.160. The lowest BCUT2D eigenvalue weighted by Crippen LogP contribution is -2.69. The number of H-pyrrole nitrogens is 1. The smallest absolute Gasteiger partial charge is 0.330 e. The predicted octanol–water partition coefficient (Wildman–Crippen LogP) is 1.85. The topological polar surface area (TPSA) is 104 Å². The Morgan fingerprint density at radius 1 is 1.00 bits per heavy atom. The van der Waals surface area contributed by atoms with Crippen LogP contribution in [0.25, 0.3) is 0 Å². The van der Waals surface area contributed by atoms with E-state index in [2.05, 4.69) is 55.5 Å². The predicted molar refractivity (Wildman–Crippen MR) is 148 cm³/mol. The van der Waals surface area contributed by atoms with Crippen LogP contribution in [0.5, 0.6) is 0 Å². The Balaban J connectivity index is 1.89. The SMILES string of the molecule is CNOC[C@H]1O[C@@H](n2cc(C)c(=O)[nH]c2=O)[C@H](OC)[C@@H]1O[Si](c1ccccc1)(c1ccccc1)C(C)(C)C. The highest BCUT2D eigenvalue weighted by atomic mass is 28.4. The molecule has 0 amide bonds. The van der Waals surface area contributed by atoms with E-state index in [0.717, 1.165) is 10.4 Å². The van der Waals surface area contributed by atoms with Crippen LogP contribution in [0.2, 0.25) is 5.04 Å². The van der Waals surface area contributed by atoms with Crippen molar-refractivity contribution in [2.75, 3.05) is 20.8 Å². The van der Waals surface area contributed by atoms with Gasteiger partial charge >= 0.3 is 5.69 Å². The molecule has 0 unspecified atom stereocenters. The number of nitrogens with one attached hydrogen (secondary N) is 2. The summed E-state index contributed by atoms with van der Waals surface area (Å²) in [5.74, 6) is 0. The molecule has 0 aliphatic carbocycles. The summed E-state index contributed by atoms with van der Waals surface area (Å²) >= 11 is 0. The number of benzene rings is 2. The zero-order valence-electron chi connectivity index (χ0n) is 22.8. The second-order valence-electron chi connectivity index (χ2n) is 10.5. The highest BCUT2D eigenvalue weighted by Gasteiger charge is 2.57. The number of methoxy groups -OCH3 is 1. The van der Waals surface area contributed by atoms with Gasteiger partial charge < -0.3 is 13.9 Å². The summed E-state index contributed by atoms with van der Waals surface area (Å²) < 4.78 is 21.2. The molecule has 10 heteroatoms. The normalized spacial score (nSPS) is 22.1. The number of hydrogen-bond acceptors (Lipinski definition) is 7. The van der Waals surface area contributed by atoms with E-state index in [9.17, 15) is 9.59 Å². The Kier molecular flexibility index (Phi) is 8.51. The number of aromatic amines is 1. The maximum Gasteiger partial charge on any atom is 0.330 e. The van der Waals surface area contributed by atoms with Gasteiger partial charge in [-0.2, -0.15) is 0 Å². The molecule has 0 saturated carbocycles. The third-order valence-electron chi connectivity index (χ3n) is 7.10. The van der Waals surface area contributed by atoms with E-state index in [0.29, 0.717) is 5.56 Å². The first-order valence-corrected chi connectivity index (χ1v) is 14.6. The van der Waals surface area contributed by atoms with Gasteiger partial charge in [-0.1, -0.05) is 81.4 Å². The highest BCUT2D eigenvalue weighted by molar-refractivity contribution is 6.99. The zero-order chi connectivity index (χ0) is 27.5. The molecule has 0 radical (unpaired) electrons. The highest BCUT2D eigenvalue weighted by Crippen LogP contribution is 2.42. The lowest BCUT2D eigenvalue weighted by molar-refractivity contribution is -0.0850. The first kappa shape index (κ1) is 28.2. The average molecular weight is 540 g/mol. The third-order valence-corrected chi connectivity index (χ3v) is 12.1. The Morgan fingerprint density at radius 3 is 2.08 bits per heavy atom. The molecule has 3 aromatic rings. The first-order chi connectivity index (χ1) is 18.1. The van der Waals surface area contributed by atoms with Gasteiger partial charge in [0, 0.05) is 25.9 Å². The van der Waals surface area contributed by atoms with Crippen molar-refractivity contribution in [3.05, 3.63) is 93.3 Å². The van der Waals surface area contributed by atoms with Crippen LogP contribution in [0, 0.1) is 6.92 Å². The molecule has 2 aromatic carbocycles. The van der Waals surface area contributed by atoms with Gasteiger partial charge in [-0.25, -0.2) is 10.3 Å². The van der Waals surface area contributed by atoms with Crippen molar-refractivity contribution in [3.8, 4) is 0 Å². The van der Waals surface area contributed by atoms with Crippen molar-refractivity contribution in [1.29, 1.82) is 0 Å². The Labute approximate surface area is 223 Å². The van der Waals surface area contributed by atoms with Gasteiger partial charge in [-0.3, -0.25) is 19.2 Å². The van der Waals surface area contributed by atoms with Gasteiger partial charge in [0.05, 0.1) is 6.61 Å². The molecular weight excluding hydrogens is 502 g/mol. The fraction of sp³-hybridized carbons (Fsp3) is 0.429. The van der Waals surface area contributed by atoms with E-state index < -0.39 is 44.1 Å². The largest absolute Gasteiger partial charge is 0.399 e. The van der Waals surface area contributed by atoms with Crippen molar-refractivity contribution in [3.63, 3.8) is 0 Å². The Morgan fingerprint density at radius 2 is 1.58 bits per heavy atom. The molecule has 1 aliphatic rings. The van der Waals surface area contributed by atoms with Crippen LogP contribution in [-0.2, 0) is 18.7 Å². The molecule has 1 fully saturated rings. The van der Waals surface area contributed by atoms with Gasteiger partial charge in [-0.15, -0.1) is 0 Å². The summed E-state index contributed by atoms with van der Waals surface area (Å²) in [7, 11) is 0.253. The van der Waals surface area contributed by atoms with E-state index in [1.54, 1.807) is 21.1 Å². The molecule has 38 heavy (non-hydrogen) atoms. The molecule has 0 bridgehead atoms. The lowest BCUT2D eigenvalue weighted by atomic mass is 10.1. The van der Waals surface area contributed by atoms with Crippen molar-refractivity contribution in [1.82, 2.24) is 15.0 Å². The number of nitrogens with zero attached hydrogens (tertiary/aromatic N) is 1. The number of aryl methyl sites for hydroxylation is 1. The number of aromatic nitrogens is 2. The summed E-state index contributed by atoms with van der Waals surface area (Å²) in [5, 5.41) is 1.94. The minimum atomic E-state index is -3.00. The number of rotatable bonds is 9. The van der Waals surface area contributed by atoms with Crippen LogP contribution in [0.1, 0.15) is 32.6 Å². The van der Waals surface area contributed by atoms with Crippen LogP contribution in [-0.4, -0.2) is 56.9 Å². The molecule has 2 N–H and O–H groups in total. The lowest BCUT2D eigenvalue weighted by Gasteiger charge is -2.45. The summed E-state index contributed by atoms with van der Waals surface area (Å²) in [5.41, 5.74) is 2.08. The van der Waals surface area contributed by atoms with E-state index in [1.165, 1.54) is 10.8 Å². The monoisotopic (exact) mass is 539 g/mol. The second kappa shape index (κ2) is 11.5. The van der Waals surface area contributed by atoms with Crippen molar-refractivity contribution in [2.24, 2.45) is 0 Å². The van der Waals surface area contributed by atoms with Gasteiger partial charge in [-0.05, 0) is 22.3 Å². The van der Waals surface area contributed by atoms with E-state index in [-0.39, 0.29) is 11.6 Å². The summed E-state index contributed by atoms with van der Waals surface area (Å²) in [6.45, 7) is 8.39. The molecule has 204 valence electrons. The fourth-order valence-electron chi connectivity index (χ4n) is 5.30. The third kappa shape index (κ3) is 5.20. The first-order valence-electron chi connectivity index (χ1n) is 12.7. The quantitative estimate of drug-likeness (QED) is 0.316. The van der Waals surface area contributed by atoms with Crippen molar-refractivity contribution in [2.45, 2.75) is 57.3 Å². The van der Waals surface area contributed by atoms with Crippen LogP contribution in [0.3, 0.4) is 0 Å². The number of hydroxylamine groups is 1. The second-order valence-corrected chi connectivity index (χ2v) is 14.8. The summed E-state index contributed by atoms with van der Waals surface area (Å²) in [4.78, 5) is 32.8. The number of ether oxygens (including phenoxy) is 2. The van der Waals surface area contributed by atoms with Crippen molar-refractivity contribution >= 4 is 18.7 Å². The summed E-state index contributed by atoms with van der Waals surface area (Å²) in [6.07, 6.45) is -1.16. The average Bonchev–Trinajstić information content (AvgIpc) is 3.24. The Bertz CT molecular complexity index is 1280. The molecule has 1 aliphatic heterocycles. The van der Waals surface area contributed by atoms with Crippen LogP contribution in [0.4, 0.5) is 0 Å². The van der Waals surface area contributed by atoms with E-state index in [4.69, 9.17) is 18.7 Å². The molecule has 2 heterocycles. The molecule has 0 spiro atoms. The fourth-order valence-corrected chi connectivity index (χ4v) is 10.0. The van der Waals surface area contributed by atoms with Crippen LogP contribution >= 0.6 is 0 Å². The molecule has 9 nitrogen and oxygen atoms in total. The van der Waals surface area contributed by atoms with Crippen LogP contribution < -0.4 is 27.1 Å². The van der Waals surface area contributed by atoms with Gasteiger partial charge in [0.25, 0.3) is 13.9 Å². The van der Waals surface area contributed by atoms with Gasteiger partial charge in [0.1, 0.15) is 18.3 Å². The number of hydrogen-bond donors (Lipinski definition) is 2. The maximum atomic E-state index is 12.9. The molecule has 4 atom stereocenters. The summed E-state index contributed by atoms with van der Waals surface area (Å²) in [6, 6.07) is 20.6. The molecule has 4 rings (SSSR count). The molecular formula is C28H37N3O6Si. The maximum absolute atomic E-state index is 12.9. The minimum Gasteiger partial charge on any atom is -0.399 e. The Hall–Kier alpha value is -2.86. The molecule has 1 aromatic heterocycles. The van der Waals surface area contributed by atoms with Crippen molar-refractivity contribution < 1.29 is 18.7 Å². The van der Waals surface area contributed by atoms with E-state index in [1.807, 2.05) is 36.4 Å². The zero-order valence-corrected chi connectivity index (χ0v) is 23.8. The standard InChI is InChI=1S/C28H37N3O6Si/c1-19-17-31(27(33)30-25(19)32)26-24(34-6)23(22(36-26)18-35-29-5)37-38(28(2,3)4,20-13-9-7-10-14-20)21-15-11-8-12-16-21/h7-17,22-24,26,29H,18H2,1-6H3,(H,30,32,33)/t22-,23-,24-,26-/m1/s1. The van der Waals surface area contributed by atoms with Gasteiger partial charge in [0.15, 0.2) is 6.23 Å². The van der Waals surface area contributed by atoms with Gasteiger partial charge in [0.2, 0.25) is 0 Å². The molecule has 1 saturated heterocycles. The van der Waals surface area contributed by atoms with Crippen LogP contribution in [0.15, 0.2) is 76.4 Å².